The van der Waals surface area contributed by atoms with Crippen molar-refractivity contribution < 1.29 is 14.7 Å². The lowest BCUT2D eigenvalue weighted by Gasteiger charge is -2.52. The standard InChI is InChI=1S/C13H17N3O3S3/c1-2-7-15-3-8(22-7)20-5-13(12(18)19)4-16-10(17)9(14)11(16)21-6-13/h3,9,11H,2,4-6,14H2,1H3,(H,18,19)/t9?,11-,13?/m1/s1. The van der Waals surface area contributed by atoms with Gasteiger partial charge in [-0.3, -0.25) is 9.59 Å². The lowest BCUT2D eigenvalue weighted by molar-refractivity contribution is -0.155. The molecule has 6 nitrogen and oxygen atoms in total. The van der Waals surface area contributed by atoms with E-state index in [0.29, 0.717) is 11.5 Å². The summed E-state index contributed by atoms with van der Waals surface area (Å²) in [7, 11) is 0. The molecule has 3 heterocycles. The van der Waals surface area contributed by atoms with Crippen molar-refractivity contribution >= 4 is 46.7 Å². The number of carboxylic acids is 1. The molecule has 2 saturated heterocycles. The van der Waals surface area contributed by atoms with Crippen LogP contribution in [0.2, 0.25) is 0 Å². The van der Waals surface area contributed by atoms with Gasteiger partial charge in [0.1, 0.15) is 16.8 Å². The van der Waals surface area contributed by atoms with Gasteiger partial charge >= 0.3 is 5.97 Å². The van der Waals surface area contributed by atoms with Crippen molar-refractivity contribution in [2.75, 3.05) is 18.1 Å². The first-order valence-electron chi connectivity index (χ1n) is 6.95. The predicted octanol–water partition coefficient (Wildman–Crippen LogP) is 1.11. The molecule has 2 aliphatic heterocycles. The first kappa shape index (κ1) is 16.1. The van der Waals surface area contributed by atoms with Crippen LogP contribution in [0.3, 0.4) is 0 Å². The second kappa shape index (κ2) is 6.03. The zero-order valence-electron chi connectivity index (χ0n) is 12.0. The van der Waals surface area contributed by atoms with Gasteiger partial charge in [-0.2, -0.15) is 0 Å². The van der Waals surface area contributed by atoms with E-state index in [0.717, 1.165) is 15.6 Å². The average molecular weight is 359 g/mol. The number of carboxylic acid groups (broad SMARTS) is 1. The van der Waals surface area contributed by atoms with Gasteiger partial charge in [0.05, 0.1) is 15.4 Å². The van der Waals surface area contributed by atoms with Crippen LogP contribution in [0.15, 0.2) is 10.4 Å². The molecule has 0 saturated carbocycles. The fourth-order valence-corrected chi connectivity index (χ4v) is 6.31. The second-order valence-corrected chi connectivity index (χ2v) is 8.99. The number of fused-ring (bicyclic) bond motifs is 1. The number of amides is 1. The highest BCUT2D eigenvalue weighted by Gasteiger charge is 2.55. The second-order valence-electron chi connectivity index (χ2n) is 5.49. The third-order valence-electron chi connectivity index (χ3n) is 3.97. The van der Waals surface area contributed by atoms with E-state index in [1.165, 1.54) is 23.5 Å². The van der Waals surface area contributed by atoms with Crippen LogP contribution in [0.1, 0.15) is 11.9 Å². The van der Waals surface area contributed by atoms with Crippen molar-refractivity contribution in [3.8, 4) is 0 Å². The number of thiazole rings is 1. The molecule has 0 aliphatic carbocycles. The quantitative estimate of drug-likeness (QED) is 0.600. The lowest BCUT2D eigenvalue weighted by atomic mass is 9.89. The molecule has 1 aromatic heterocycles. The molecule has 2 aliphatic rings. The molecular weight excluding hydrogens is 342 g/mol. The minimum atomic E-state index is -0.919. The van der Waals surface area contributed by atoms with Crippen molar-refractivity contribution in [1.29, 1.82) is 0 Å². The Labute approximate surface area is 140 Å². The highest BCUT2D eigenvalue weighted by Crippen LogP contribution is 2.44. The Balaban J connectivity index is 1.70. The minimum Gasteiger partial charge on any atom is -0.481 e. The van der Waals surface area contributed by atoms with Gasteiger partial charge in [-0.1, -0.05) is 6.92 Å². The lowest BCUT2D eigenvalue weighted by Crippen LogP contribution is -2.72. The summed E-state index contributed by atoms with van der Waals surface area (Å²) in [6, 6.07) is -0.474. The molecular formula is C13H17N3O3S3. The predicted molar refractivity (Wildman–Crippen MR) is 88.2 cm³/mol. The van der Waals surface area contributed by atoms with Crippen LogP contribution in [0, 0.1) is 5.41 Å². The summed E-state index contributed by atoms with van der Waals surface area (Å²) >= 11 is 4.59. The number of rotatable bonds is 5. The fraction of sp³-hybridized carbons (Fsp3) is 0.615. The topological polar surface area (TPSA) is 96.5 Å². The van der Waals surface area contributed by atoms with Crippen molar-refractivity contribution in [1.82, 2.24) is 9.88 Å². The van der Waals surface area contributed by atoms with E-state index in [4.69, 9.17) is 5.73 Å². The zero-order valence-corrected chi connectivity index (χ0v) is 14.5. The smallest absolute Gasteiger partial charge is 0.313 e. The molecule has 0 aromatic carbocycles. The summed E-state index contributed by atoms with van der Waals surface area (Å²) in [4.78, 5) is 29.5. The summed E-state index contributed by atoms with van der Waals surface area (Å²) in [5.74, 6) is -0.0677. The number of thioether (sulfide) groups is 2. The van der Waals surface area contributed by atoms with Gasteiger partial charge in [-0.15, -0.1) is 34.9 Å². The number of hydrogen-bond acceptors (Lipinski definition) is 7. The Morgan fingerprint density at radius 1 is 1.68 bits per heavy atom. The van der Waals surface area contributed by atoms with Crippen molar-refractivity contribution in [2.45, 2.75) is 29.0 Å². The van der Waals surface area contributed by atoms with Gasteiger partial charge in [-0.05, 0) is 6.42 Å². The summed E-state index contributed by atoms with van der Waals surface area (Å²) < 4.78 is 1.02. The van der Waals surface area contributed by atoms with Gasteiger partial charge in [0.15, 0.2) is 0 Å². The van der Waals surface area contributed by atoms with Gasteiger partial charge in [-0.25, -0.2) is 4.98 Å². The first-order chi connectivity index (χ1) is 10.5. The maximum absolute atomic E-state index is 11.8. The van der Waals surface area contributed by atoms with Crippen molar-refractivity contribution in [3.63, 3.8) is 0 Å². The van der Waals surface area contributed by atoms with Crippen LogP contribution in [0.4, 0.5) is 0 Å². The molecule has 1 aromatic rings. The summed E-state index contributed by atoms with van der Waals surface area (Å²) in [6.07, 6.45) is 2.68. The molecule has 3 N–H and O–H groups in total. The van der Waals surface area contributed by atoms with Crippen LogP contribution in [-0.4, -0.2) is 56.3 Å². The van der Waals surface area contributed by atoms with Crippen molar-refractivity contribution in [2.24, 2.45) is 11.1 Å². The van der Waals surface area contributed by atoms with E-state index in [1.807, 2.05) is 6.92 Å². The maximum atomic E-state index is 11.8. The largest absolute Gasteiger partial charge is 0.481 e. The number of nitrogens with two attached hydrogens (primary N) is 1. The number of carbonyl (C=O) groups is 2. The number of carbonyl (C=O) groups excluding carboxylic acids is 1. The molecule has 2 fully saturated rings. The number of aryl methyl sites for hydroxylation is 1. The SMILES string of the molecule is CCc1ncc(SCC2(C(=O)O)CS[C@@H]3C(N)C(=O)N3C2)s1. The Bertz CT molecular complexity index is 608. The highest BCUT2D eigenvalue weighted by atomic mass is 32.2. The maximum Gasteiger partial charge on any atom is 0.313 e. The Hall–Kier alpha value is -0.770. The third kappa shape index (κ3) is 2.64. The van der Waals surface area contributed by atoms with E-state index >= 15 is 0 Å². The van der Waals surface area contributed by atoms with E-state index in [-0.39, 0.29) is 17.8 Å². The van der Waals surface area contributed by atoms with Crippen LogP contribution >= 0.6 is 34.9 Å². The van der Waals surface area contributed by atoms with E-state index < -0.39 is 17.4 Å². The molecule has 120 valence electrons. The Morgan fingerprint density at radius 3 is 3.09 bits per heavy atom. The average Bonchev–Trinajstić information content (AvgIpc) is 2.99. The zero-order chi connectivity index (χ0) is 15.9. The number of β-lactam (4-membered cyclic amide) rings is 1. The van der Waals surface area contributed by atoms with Gasteiger partial charge in [0, 0.05) is 18.1 Å². The van der Waals surface area contributed by atoms with Crippen LogP contribution in [-0.2, 0) is 16.0 Å². The fourth-order valence-electron chi connectivity index (χ4n) is 2.54. The highest BCUT2D eigenvalue weighted by molar-refractivity contribution is 8.01. The van der Waals surface area contributed by atoms with Gasteiger partial charge in [0.2, 0.25) is 5.91 Å². The van der Waals surface area contributed by atoms with E-state index in [1.54, 1.807) is 22.4 Å². The Kier molecular flexibility index (Phi) is 4.41. The third-order valence-corrected chi connectivity index (χ3v) is 8.20. The van der Waals surface area contributed by atoms with Gasteiger partial charge in [0.25, 0.3) is 0 Å². The van der Waals surface area contributed by atoms with Crippen LogP contribution < -0.4 is 5.73 Å². The molecule has 0 bridgehead atoms. The van der Waals surface area contributed by atoms with Crippen LogP contribution in [0.5, 0.6) is 0 Å². The Morgan fingerprint density at radius 2 is 2.45 bits per heavy atom. The molecule has 3 rings (SSSR count). The van der Waals surface area contributed by atoms with E-state index in [9.17, 15) is 14.7 Å². The molecule has 22 heavy (non-hydrogen) atoms. The van der Waals surface area contributed by atoms with Gasteiger partial charge < -0.3 is 15.7 Å². The number of aromatic nitrogens is 1. The molecule has 2 unspecified atom stereocenters. The summed E-state index contributed by atoms with van der Waals surface area (Å²) in [5.41, 5.74) is 4.83. The molecule has 0 spiro atoms. The molecule has 9 heteroatoms. The summed E-state index contributed by atoms with van der Waals surface area (Å²) in [6.45, 7) is 2.29. The summed E-state index contributed by atoms with van der Waals surface area (Å²) in [5, 5.41) is 10.7. The van der Waals surface area contributed by atoms with E-state index in [2.05, 4.69) is 4.98 Å². The number of nitrogens with zero attached hydrogens (tertiary/aromatic N) is 2. The number of hydrogen-bond donors (Lipinski definition) is 2. The normalized spacial score (nSPS) is 30.8. The molecule has 0 radical (unpaired) electrons. The monoisotopic (exact) mass is 359 g/mol. The first-order valence-corrected chi connectivity index (χ1v) is 9.80. The van der Waals surface area contributed by atoms with Crippen LogP contribution in [0.25, 0.3) is 0 Å². The number of aliphatic carboxylic acids is 1. The molecule has 1 amide bonds. The minimum absolute atomic E-state index is 0.0555. The van der Waals surface area contributed by atoms with Crippen molar-refractivity contribution in [3.05, 3.63) is 11.2 Å². The molecule has 3 atom stereocenters.